The summed E-state index contributed by atoms with van der Waals surface area (Å²) in [6.07, 6.45) is 5.34. The maximum atomic E-state index is 5.97. The fourth-order valence-corrected chi connectivity index (χ4v) is 3.40. The zero-order valence-corrected chi connectivity index (χ0v) is 13.1. The molecular formula is C15H26N4O2. The van der Waals surface area contributed by atoms with E-state index in [-0.39, 0.29) is 0 Å². The van der Waals surface area contributed by atoms with Crippen LogP contribution in [0.15, 0.2) is 12.5 Å². The predicted octanol–water partition coefficient (Wildman–Crippen LogP) is 0.342. The highest BCUT2D eigenvalue weighted by atomic mass is 16.5. The lowest BCUT2D eigenvalue weighted by atomic mass is 9.98. The Labute approximate surface area is 126 Å². The standard InChI is InChI=1S/C15H26N4O2/c1-17-12-16-9-13(17)10-18-4-3-15-14(11-18)19(5-7-20-2)6-8-21-15/h9,12,14-15H,3-8,10-11H2,1-2H3/t14-,15-/m1/s1. The molecule has 0 unspecified atom stereocenters. The largest absolute Gasteiger partial charge is 0.383 e. The summed E-state index contributed by atoms with van der Waals surface area (Å²) in [5.74, 6) is 0. The Morgan fingerprint density at radius 2 is 2.33 bits per heavy atom. The molecule has 1 aromatic heterocycles. The normalized spacial score (nSPS) is 27.7. The second kappa shape index (κ2) is 6.87. The quantitative estimate of drug-likeness (QED) is 0.783. The number of likely N-dealkylation sites (tertiary alicyclic amines) is 1. The monoisotopic (exact) mass is 294 g/mol. The summed E-state index contributed by atoms with van der Waals surface area (Å²) >= 11 is 0. The summed E-state index contributed by atoms with van der Waals surface area (Å²) < 4.78 is 13.3. The first-order valence-corrected chi connectivity index (χ1v) is 7.80. The van der Waals surface area contributed by atoms with E-state index in [1.165, 1.54) is 5.69 Å². The topological polar surface area (TPSA) is 42.8 Å². The van der Waals surface area contributed by atoms with Crippen molar-refractivity contribution in [1.29, 1.82) is 0 Å². The third-order valence-electron chi connectivity index (χ3n) is 4.67. The van der Waals surface area contributed by atoms with Gasteiger partial charge >= 0.3 is 0 Å². The number of aryl methyl sites for hydroxylation is 1. The van der Waals surface area contributed by atoms with E-state index >= 15 is 0 Å². The van der Waals surface area contributed by atoms with Crippen LogP contribution in [-0.2, 0) is 23.1 Å². The van der Waals surface area contributed by atoms with Crippen molar-refractivity contribution in [1.82, 2.24) is 19.4 Å². The molecule has 0 spiro atoms. The van der Waals surface area contributed by atoms with Crippen molar-refractivity contribution in [2.45, 2.75) is 25.1 Å². The van der Waals surface area contributed by atoms with Crippen LogP contribution in [0.2, 0.25) is 0 Å². The van der Waals surface area contributed by atoms with Crippen molar-refractivity contribution in [3.8, 4) is 0 Å². The van der Waals surface area contributed by atoms with Crippen molar-refractivity contribution in [2.24, 2.45) is 7.05 Å². The number of rotatable bonds is 5. The SMILES string of the molecule is COCCN1CCO[C@@H]2CCN(Cc3cncn3C)C[C@H]21. The van der Waals surface area contributed by atoms with Gasteiger partial charge in [-0.2, -0.15) is 0 Å². The number of hydrogen-bond donors (Lipinski definition) is 0. The molecule has 6 heteroatoms. The summed E-state index contributed by atoms with van der Waals surface area (Å²) in [7, 11) is 3.83. The minimum Gasteiger partial charge on any atom is -0.383 e. The Kier molecular flexibility index (Phi) is 4.90. The van der Waals surface area contributed by atoms with Crippen LogP contribution < -0.4 is 0 Å². The van der Waals surface area contributed by atoms with Crippen LogP contribution in [0.1, 0.15) is 12.1 Å². The molecule has 2 saturated heterocycles. The molecule has 0 saturated carbocycles. The van der Waals surface area contributed by atoms with Gasteiger partial charge in [0, 0.05) is 59.1 Å². The molecule has 0 aromatic carbocycles. The van der Waals surface area contributed by atoms with Crippen molar-refractivity contribution < 1.29 is 9.47 Å². The molecule has 3 rings (SSSR count). The maximum Gasteiger partial charge on any atom is 0.0945 e. The Morgan fingerprint density at radius 1 is 1.43 bits per heavy atom. The van der Waals surface area contributed by atoms with Gasteiger partial charge in [-0.05, 0) is 6.42 Å². The maximum absolute atomic E-state index is 5.97. The van der Waals surface area contributed by atoms with Gasteiger partial charge in [-0.3, -0.25) is 9.80 Å². The van der Waals surface area contributed by atoms with E-state index in [1.54, 1.807) is 7.11 Å². The number of hydrogen-bond acceptors (Lipinski definition) is 5. The fourth-order valence-electron chi connectivity index (χ4n) is 3.40. The van der Waals surface area contributed by atoms with Gasteiger partial charge in [0.25, 0.3) is 0 Å². The number of piperidine rings is 1. The van der Waals surface area contributed by atoms with Crippen molar-refractivity contribution in [3.63, 3.8) is 0 Å². The van der Waals surface area contributed by atoms with E-state index in [9.17, 15) is 0 Å². The second-order valence-corrected chi connectivity index (χ2v) is 6.03. The molecule has 3 heterocycles. The van der Waals surface area contributed by atoms with Crippen LogP contribution in [0.5, 0.6) is 0 Å². The predicted molar refractivity (Wildman–Crippen MR) is 80.1 cm³/mol. The van der Waals surface area contributed by atoms with Gasteiger partial charge in [-0.15, -0.1) is 0 Å². The van der Waals surface area contributed by atoms with Gasteiger partial charge in [-0.1, -0.05) is 0 Å². The molecule has 6 nitrogen and oxygen atoms in total. The molecule has 21 heavy (non-hydrogen) atoms. The van der Waals surface area contributed by atoms with Gasteiger partial charge < -0.3 is 14.0 Å². The molecule has 2 aliphatic rings. The molecular weight excluding hydrogens is 268 g/mol. The molecule has 0 radical (unpaired) electrons. The van der Waals surface area contributed by atoms with Crippen molar-refractivity contribution in [3.05, 3.63) is 18.2 Å². The van der Waals surface area contributed by atoms with Gasteiger partial charge in [0.05, 0.1) is 31.3 Å². The molecule has 0 amide bonds. The number of aromatic nitrogens is 2. The molecule has 2 atom stereocenters. The van der Waals surface area contributed by atoms with Crippen LogP contribution in [-0.4, -0.2) is 78.0 Å². The summed E-state index contributed by atoms with van der Waals surface area (Å²) in [6.45, 7) is 6.81. The van der Waals surface area contributed by atoms with Crippen LogP contribution >= 0.6 is 0 Å². The van der Waals surface area contributed by atoms with Crippen LogP contribution in [0.3, 0.4) is 0 Å². The van der Waals surface area contributed by atoms with Gasteiger partial charge in [0.15, 0.2) is 0 Å². The molecule has 1 aromatic rings. The molecule has 0 aliphatic carbocycles. The van der Waals surface area contributed by atoms with Gasteiger partial charge in [0.2, 0.25) is 0 Å². The minimum atomic E-state index is 0.387. The number of ether oxygens (including phenoxy) is 2. The summed E-state index contributed by atoms with van der Waals surface area (Å²) in [6, 6.07) is 0.496. The fraction of sp³-hybridized carbons (Fsp3) is 0.800. The lowest BCUT2D eigenvalue weighted by Crippen LogP contribution is -2.60. The molecule has 2 fully saturated rings. The minimum absolute atomic E-state index is 0.387. The summed E-state index contributed by atoms with van der Waals surface area (Å²) in [4.78, 5) is 9.26. The van der Waals surface area contributed by atoms with E-state index in [0.717, 1.165) is 52.4 Å². The zero-order valence-electron chi connectivity index (χ0n) is 13.1. The van der Waals surface area contributed by atoms with E-state index in [0.29, 0.717) is 12.1 Å². The van der Waals surface area contributed by atoms with Crippen LogP contribution in [0.4, 0.5) is 0 Å². The van der Waals surface area contributed by atoms with E-state index in [1.807, 2.05) is 12.5 Å². The van der Waals surface area contributed by atoms with Crippen LogP contribution in [0, 0.1) is 0 Å². The number of methoxy groups -OCH3 is 1. The first kappa shape index (κ1) is 15.0. The van der Waals surface area contributed by atoms with Gasteiger partial charge in [0.1, 0.15) is 0 Å². The Morgan fingerprint density at radius 3 is 3.10 bits per heavy atom. The first-order valence-electron chi connectivity index (χ1n) is 7.80. The van der Waals surface area contributed by atoms with E-state index in [2.05, 4.69) is 26.4 Å². The number of imidazole rings is 1. The second-order valence-electron chi connectivity index (χ2n) is 6.03. The lowest BCUT2D eigenvalue weighted by molar-refractivity contribution is -0.108. The Bertz CT molecular complexity index is 451. The Hall–Kier alpha value is -0.950. The highest BCUT2D eigenvalue weighted by molar-refractivity contribution is 4.99. The molecule has 118 valence electrons. The molecule has 0 bridgehead atoms. The molecule has 2 aliphatic heterocycles. The number of nitrogens with zero attached hydrogens (tertiary/aromatic N) is 4. The highest BCUT2D eigenvalue weighted by Gasteiger charge is 2.36. The summed E-state index contributed by atoms with van der Waals surface area (Å²) in [5.41, 5.74) is 1.27. The van der Waals surface area contributed by atoms with Gasteiger partial charge in [-0.25, -0.2) is 4.98 Å². The number of morpholine rings is 1. The van der Waals surface area contributed by atoms with Crippen molar-refractivity contribution >= 4 is 0 Å². The van der Waals surface area contributed by atoms with Crippen LogP contribution in [0.25, 0.3) is 0 Å². The van der Waals surface area contributed by atoms with E-state index in [4.69, 9.17) is 9.47 Å². The highest BCUT2D eigenvalue weighted by Crippen LogP contribution is 2.23. The average molecular weight is 294 g/mol. The third kappa shape index (κ3) is 3.45. The number of fused-ring (bicyclic) bond motifs is 1. The average Bonchev–Trinajstić information content (AvgIpc) is 2.90. The first-order chi connectivity index (χ1) is 10.3. The smallest absolute Gasteiger partial charge is 0.0945 e. The van der Waals surface area contributed by atoms with E-state index < -0.39 is 0 Å². The lowest BCUT2D eigenvalue weighted by Gasteiger charge is -2.47. The Balaban J connectivity index is 1.61. The third-order valence-corrected chi connectivity index (χ3v) is 4.67. The zero-order chi connectivity index (χ0) is 14.7. The van der Waals surface area contributed by atoms with Crippen molar-refractivity contribution in [2.75, 3.05) is 46.5 Å². The summed E-state index contributed by atoms with van der Waals surface area (Å²) in [5, 5.41) is 0. The molecule has 0 N–H and O–H groups in total.